The molecule has 4 nitrogen and oxygen atoms in total. The number of fused-ring (bicyclic) bond motifs is 1. The molecule has 3 aromatic carbocycles. The molecule has 0 saturated carbocycles. The Morgan fingerprint density at radius 1 is 1.10 bits per heavy atom. The van der Waals surface area contributed by atoms with Crippen LogP contribution in [0.15, 0.2) is 73.3 Å². The van der Waals surface area contributed by atoms with Gasteiger partial charge in [0, 0.05) is 11.6 Å². The Hall–Kier alpha value is -3.08. The van der Waals surface area contributed by atoms with E-state index in [1.54, 1.807) is 0 Å². The lowest BCUT2D eigenvalue weighted by Gasteiger charge is -2.28. The summed E-state index contributed by atoms with van der Waals surface area (Å²) in [5.74, 6) is -0.281. The molecule has 0 aromatic heterocycles. The summed E-state index contributed by atoms with van der Waals surface area (Å²) < 4.78 is 6.21. The summed E-state index contributed by atoms with van der Waals surface area (Å²) in [4.78, 5) is 11.8. The first kappa shape index (κ1) is 21.6. The van der Waals surface area contributed by atoms with E-state index in [9.17, 15) is 9.90 Å². The topological polar surface area (TPSA) is 72.5 Å². The van der Waals surface area contributed by atoms with Gasteiger partial charge in [-0.25, -0.2) is 0 Å². The Morgan fingerprint density at radius 2 is 1.90 bits per heavy atom. The molecule has 0 radical (unpaired) electrons. The number of carbonyl (C=O) groups is 1. The molecule has 1 aliphatic rings. The zero-order valence-electron chi connectivity index (χ0n) is 16.5. The van der Waals surface area contributed by atoms with Crippen molar-refractivity contribution in [1.29, 1.82) is 0 Å². The minimum atomic E-state index is -0.891. The molecular weight excluding hydrogens is 398 g/mol. The Balaban J connectivity index is 0.00000256. The van der Waals surface area contributed by atoms with Crippen molar-refractivity contribution in [2.75, 3.05) is 0 Å². The van der Waals surface area contributed by atoms with Gasteiger partial charge in [-0.05, 0) is 59.4 Å². The summed E-state index contributed by atoms with van der Waals surface area (Å²) in [5.41, 5.74) is 10.9. The second kappa shape index (κ2) is 9.16. The van der Waals surface area contributed by atoms with Crippen LogP contribution in [0, 0.1) is 0 Å². The maximum atomic E-state index is 11.8. The van der Waals surface area contributed by atoms with Crippen LogP contribution < -0.4 is 10.5 Å². The van der Waals surface area contributed by atoms with Crippen LogP contribution in [0.1, 0.15) is 29.0 Å². The average molecular weight is 422 g/mol. The zero-order chi connectivity index (χ0) is 20.4. The fraction of sp³-hybridized carbons (Fsp3) is 0.160. The quantitative estimate of drug-likeness (QED) is 0.558. The zero-order valence-corrected chi connectivity index (χ0v) is 17.3. The third kappa shape index (κ3) is 4.25. The third-order valence-corrected chi connectivity index (χ3v) is 5.44. The van der Waals surface area contributed by atoms with E-state index in [0.29, 0.717) is 17.9 Å². The van der Waals surface area contributed by atoms with Crippen LogP contribution in [-0.2, 0) is 11.2 Å². The molecule has 154 valence electrons. The maximum Gasteiger partial charge on any atom is 0.312 e. The van der Waals surface area contributed by atoms with Crippen LogP contribution in [0.5, 0.6) is 11.5 Å². The van der Waals surface area contributed by atoms with Gasteiger partial charge in [0.05, 0.1) is 5.92 Å². The fourth-order valence-corrected chi connectivity index (χ4v) is 3.94. The molecule has 30 heavy (non-hydrogen) atoms. The first-order chi connectivity index (χ1) is 14.1. The Bertz CT molecular complexity index is 1080. The van der Waals surface area contributed by atoms with Crippen molar-refractivity contribution in [3.63, 3.8) is 0 Å². The van der Waals surface area contributed by atoms with Gasteiger partial charge in [0.2, 0.25) is 0 Å². The van der Waals surface area contributed by atoms with E-state index < -0.39 is 11.9 Å². The summed E-state index contributed by atoms with van der Waals surface area (Å²) in [6, 6.07) is 21.2. The van der Waals surface area contributed by atoms with Gasteiger partial charge >= 0.3 is 5.97 Å². The van der Waals surface area contributed by atoms with Crippen LogP contribution in [0.3, 0.4) is 0 Å². The Morgan fingerprint density at radius 3 is 2.67 bits per heavy atom. The number of hydrogen-bond acceptors (Lipinski definition) is 3. The van der Waals surface area contributed by atoms with E-state index >= 15 is 0 Å². The van der Waals surface area contributed by atoms with Gasteiger partial charge in [0.1, 0.15) is 11.5 Å². The van der Waals surface area contributed by atoms with Crippen molar-refractivity contribution < 1.29 is 14.6 Å². The van der Waals surface area contributed by atoms with Gasteiger partial charge in [-0.3, -0.25) is 4.79 Å². The van der Waals surface area contributed by atoms with E-state index in [2.05, 4.69) is 12.6 Å². The van der Waals surface area contributed by atoms with Gasteiger partial charge in [-0.1, -0.05) is 55.1 Å². The molecule has 2 atom stereocenters. The van der Waals surface area contributed by atoms with E-state index in [1.165, 1.54) is 0 Å². The molecule has 0 saturated heterocycles. The largest absolute Gasteiger partial charge is 0.481 e. The lowest BCUT2D eigenvalue weighted by molar-refractivity contribution is -0.139. The number of nitrogens with two attached hydrogens (primary N) is 1. The molecule has 2 unspecified atom stereocenters. The minimum Gasteiger partial charge on any atom is -0.481 e. The highest BCUT2D eigenvalue weighted by Gasteiger charge is 2.33. The fourth-order valence-electron chi connectivity index (χ4n) is 3.94. The summed E-state index contributed by atoms with van der Waals surface area (Å²) in [6.45, 7) is 3.83. The summed E-state index contributed by atoms with van der Waals surface area (Å²) in [5, 5.41) is 9.65. The van der Waals surface area contributed by atoms with Gasteiger partial charge < -0.3 is 15.6 Å². The van der Waals surface area contributed by atoms with Crippen molar-refractivity contribution in [3.05, 3.63) is 90.0 Å². The van der Waals surface area contributed by atoms with Gasteiger partial charge in [0.25, 0.3) is 0 Å². The highest BCUT2D eigenvalue weighted by atomic mass is 35.5. The van der Waals surface area contributed by atoms with E-state index in [0.717, 1.165) is 34.2 Å². The molecule has 3 N–H and O–H groups in total. The molecule has 3 aromatic rings. The van der Waals surface area contributed by atoms with Crippen LogP contribution in [0.2, 0.25) is 0 Å². The lowest BCUT2D eigenvalue weighted by atomic mass is 9.79. The standard InChI is InChI=1S/C25H23NO3.ClH/c1-2-16-6-5-7-18(14-16)20-8-3-4-9-23(20)29-19-12-10-17-11-13-22(26)24(25(27)28)21(17)15-19;/h2-10,12,14-15,22,24H,1,11,13,26H2,(H,27,28);1H. The highest BCUT2D eigenvalue weighted by Crippen LogP contribution is 2.37. The monoisotopic (exact) mass is 421 g/mol. The SMILES string of the molecule is C=Cc1cccc(-c2ccccc2Oc2ccc3c(c2)C(C(=O)O)C(N)CC3)c1.Cl. The molecule has 5 heteroatoms. The van der Waals surface area contributed by atoms with Gasteiger partial charge in [-0.15, -0.1) is 12.4 Å². The summed E-state index contributed by atoms with van der Waals surface area (Å²) in [7, 11) is 0. The number of aryl methyl sites for hydroxylation is 1. The number of halogens is 1. The number of carboxylic acid groups (broad SMARTS) is 1. The highest BCUT2D eigenvalue weighted by molar-refractivity contribution is 5.85. The van der Waals surface area contributed by atoms with Crippen molar-refractivity contribution in [1.82, 2.24) is 0 Å². The summed E-state index contributed by atoms with van der Waals surface area (Å²) >= 11 is 0. The molecule has 0 amide bonds. The van der Waals surface area contributed by atoms with E-state index in [4.69, 9.17) is 10.5 Å². The smallest absolute Gasteiger partial charge is 0.312 e. The third-order valence-electron chi connectivity index (χ3n) is 5.44. The van der Waals surface area contributed by atoms with Crippen molar-refractivity contribution in [3.8, 4) is 22.6 Å². The Kier molecular flexibility index (Phi) is 6.60. The van der Waals surface area contributed by atoms with Gasteiger partial charge in [-0.2, -0.15) is 0 Å². The predicted octanol–water partition coefficient (Wildman–Crippen LogP) is 5.65. The van der Waals surface area contributed by atoms with Crippen LogP contribution >= 0.6 is 12.4 Å². The molecule has 0 fully saturated rings. The number of hydrogen-bond donors (Lipinski definition) is 2. The molecule has 0 spiro atoms. The van der Waals surface area contributed by atoms with Crippen molar-refractivity contribution in [2.24, 2.45) is 5.73 Å². The number of para-hydroxylation sites is 1. The predicted molar refractivity (Wildman–Crippen MR) is 122 cm³/mol. The first-order valence-corrected chi connectivity index (χ1v) is 9.68. The molecule has 0 heterocycles. The van der Waals surface area contributed by atoms with Gasteiger partial charge in [0.15, 0.2) is 0 Å². The van der Waals surface area contributed by atoms with Crippen LogP contribution in [0.25, 0.3) is 17.2 Å². The number of ether oxygens (including phenoxy) is 1. The van der Waals surface area contributed by atoms with E-state index in [-0.39, 0.29) is 18.4 Å². The molecule has 4 rings (SSSR count). The minimum absolute atomic E-state index is 0. The average Bonchev–Trinajstić information content (AvgIpc) is 2.73. The lowest BCUT2D eigenvalue weighted by Crippen LogP contribution is -2.37. The number of aliphatic carboxylic acids is 1. The van der Waals surface area contributed by atoms with E-state index in [1.807, 2.05) is 66.7 Å². The number of rotatable bonds is 5. The number of benzene rings is 3. The first-order valence-electron chi connectivity index (χ1n) is 9.68. The molecular formula is C25H24ClNO3. The van der Waals surface area contributed by atoms with Crippen molar-refractivity contribution >= 4 is 24.5 Å². The summed E-state index contributed by atoms with van der Waals surface area (Å²) in [6.07, 6.45) is 3.27. The van der Waals surface area contributed by atoms with Crippen molar-refractivity contribution in [2.45, 2.75) is 24.8 Å². The second-order valence-corrected chi connectivity index (χ2v) is 7.31. The second-order valence-electron chi connectivity index (χ2n) is 7.31. The van der Waals surface area contributed by atoms with Crippen LogP contribution in [-0.4, -0.2) is 17.1 Å². The molecule has 1 aliphatic carbocycles. The van der Waals surface area contributed by atoms with Crippen LogP contribution in [0.4, 0.5) is 0 Å². The normalized spacial score (nSPS) is 17.4. The Labute approximate surface area is 182 Å². The maximum absolute atomic E-state index is 11.8. The number of carboxylic acids is 1. The molecule has 0 aliphatic heterocycles. The molecule has 0 bridgehead atoms.